The average Bonchev–Trinajstić information content (AvgIpc) is 3.08. The topological polar surface area (TPSA) is 51.2 Å². The summed E-state index contributed by atoms with van der Waals surface area (Å²) in [4.78, 5) is 16.8. The summed E-state index contributed by atoms with van der Waals surface area (Å²) in [5, 5.41) is 5.04. The van der Waals surface area contributed by atoms with Crippen LogP contribution in [0.2, 0.25) is 0 Å². The Bertz CT molecular complexity index is 755. The Kier molecular flexibility index (Phi) is 5.41. The van der Waals surface area contributed by atoms with Crippen molar-refractivity contribution in [2.24, 2.45) is 0 Å². The van der Waals surface area contributed by atoms with Crippen molar-refractivity contribution < 1.29 is 9.53 Å². The van der Waals surface area contributed by atoms with Crippen LogP contribution < -0.4 is 5.32 Å². The summed E-state index contributed by atoms with van der Waals surface area (Å²) in [6.07, 6.45) is 2.32. The van der Waals surface area contributed by atoms with Crippen molar-refractivity contribution in [1.29, 1.82) is 0 Å². The second kappa shape index (κ2) is 7.53. The third kappa shape index (κ3) is 3.90. The quantitative estimate of drug-likeness (QED) is 0.843. The predicted octanol–water partition coefficient (Wildman–Crippen LogP) is 3.55. The fourth-order valence-electron chi connectivity index (χ4n) is 2.97. The van der Waals surface area contributed by atoms with Gasteiger partial charge >= 0.3 is 0 Å². The molecule has 24 heavy (non-hydrogen) atoms. The minimum absolute atomic E-state index is 0.0380. The van der Waals surface area contributed by atoms with Crippen LogP contribution in [0.25, 0.3) is 10.9 Å². The first kappa shape index (κ1) is 17.2. The Morgan fingerprint density at radius 2 is 2.17 bits per heavy atom. The molecule has 0 saturated carbocycles. The van der Waals surface area contributed by atoms with Crippen LogP contribution in [0.15, 0.2) is 23.2 Å². The van der Waals surface area contributed by atoms with Crippen LogP contribution in [0.4, 0.5) is 0 Å². The Balaban J connectivity index is 1.64. The van der Waals surface area contributed by atoms with Gasteiger partial charge in [-0.25, -0.2) is 4.98 Å². The summed E-state index contributed by atoms with van der Waals surface area (Å²) >= 11 is 1.49. The zero-order valence-electron chi connectivity index (χ0n) is 14.5. The van der Waals surface area contributed by atoms with Gasteiger partial charge in [0.2, 0.25) is 5.91 Å². The van der Waals surface area contributed by atoms with E-state index in [2.05, 4.69) is 44.3 Å². The molecule has 1 atom stereocenters. The number of carbonyl (C=O) groups excluding carboxylic acids is 1. The summed E-state index contributed by atoms with van der Waals surface area (Å²) in [7, 11) is 0. The number of hydrogen-bond donors (Lipinski definition) is 1. The molecule has 0 radical (unpaired) electrons. The number of nitrogens with zero attached hydrogens (tertiary/aromatic N) is 1. The number of thioether (sulfide) groups is 1. The Morgan fingerprint density at radius 1 is 1.33 bits per heavy atom. The van der Waals surface area contributed by atoms with Crippen LogP contribution in [0.1, 0.15) is 29.5 Å². The van der Waals surface area contributed by atoms with E-state index in [0.717, 1.165) is 30.0 Å². The lowest BCUT2D eigenvalue weighted by molar-refractivity contribution is -0.119. The molecule has 0 aliphatic carbocycles. The highest BCUT2D eigenvalue weighted by Gasteiger charge is 2.16. The van der Waals surface area contributed by atoms with Crippen molar-refractivity contribution in [3.05, 3.63) is 34.9 Å². The van der Waals surface area contributed by atoms with Crippen LogP contribution in [-0.4, -0.2) is 35.9 Å². The number of rotatable bonds is 5. The van der Waals surface area contributed by atoms with Crippen molar-refractivity contribution in [2.75, 3.05) is 18.9 Å². The van der Waals surface area contributed by atoms with Crippen LogP contribution in [-0.2, 0) is 9.53 Å². The SMILES string of the molecule is Cc1ccc2c(C)cc(SCC(=O)NCC3CCCO3)nc2c1C. The molecule has 1 aliphatic rings. The number of benzene rings is 1. The molecular formula is C19H24N2O2S. The molecule has 0 spiro atoms. The number of fused-ring (bicyclic) bond motifs is 1. The number of carbonyl (C=O) groups is 1. The molecule has 1 aromatic heterocycles. The van der Waals surface area contributed by atoms with Crippen molar-refractivity contribution in [3.63, 3.8) is 0 Å². The molecular weight excluding hydrogens is 320 g/mol. The number of pyridine rings is 1. The van der Waals surface area contributed by atoms with E-state index in [1.807, 2.05) is 0 Å². The number of hydrogen-bond acceptors (Lipinski definition) is 4. The molecule has 1 amide bonds. The monoisotopic (exact) mass is 344 g/mol. The normalized spacial score (nSPS) is 17.4. The Morgan fingerprint density at radius 3 is 2.92 bits per heavy atom. The summed E-state index contributed by atoms with van der Waals surface area (Å²) in [6, 6.07) is 6.33. The van der Waals surface area contributed by atoms with Gasteiger partial charge < -0.3 is 10.1 Å². The fraction of sp³-hybridized carbons (Fsp3) is 0.474. The first-order valence-corrected chi connectivity index (χ1v) is 9.42. The third-order valence-corrected chi connectivity index (χ3v) is 5.50. The van der Waals surface area contributed by atoms with Crippen LogP contribution in [0.3, 0.4) is 0 Å². The van der Waals surface area contributed by atoms with Crippen molar-refractivity contribution >= 4 is 28.6 Å². The molecule has 5 heteroatoms. The highest BCUT2D eigenvalue weighted by atomic mass is 32.2. The van der Waals surface area contributed by atoms with Gasteiger partial charge in [-0.3, -0.25) is 4.79 Å². The van der Waals surface area contributed by atoms with Crippen LogP contribution >= 0.6 is 11.8 Å². The van der Waals surface area contributed by atoms with Crippen LogP contribution in [0.5, 0.6) is 0 Å². The lowest BCUT2D eigenvalue weighted by atomic mass is 10.0. The van der Waals surface area contributed by atoms with E-state index < -0.39 is 0 Å². The molecule has 1 N–H and O–H groups in total. The zero-order valence-corrected chi connectivity index (χ0v) is 15.3. The lowest BCUT2D eigenvalue weighted by Gasteiger charge is -2.12. The van der Waals surface area contributed by atoms with Gasteiger partial charge in [-0.15, -0.1) is 0 Å². The lowest BCUT2D eigenvalue weighted by Crippen LogP contribution is -2.32. The smallest absolute Gasteiger partial charge is 0.230 e. The van der Waals surface area contributed by atoms with Crippen molar-refractivity contribution in [2.45, 2.75) is 44.7 Å². The number of aromatic nitrogens is 1. The van der Waals surface area contributed by atoms with Gasteiger partial charge in [-0.2, -0.15) is 0 Å². The highest BCUT2D eigenvalue weighted by molar-refractivity contribution is 7.99. The summed E-state index contributed by atoms with van der Waals surface area (Å²) in [5.41, 5.74) is 4.69. The van der Waals surface area contributed by atoms with E-state index in [0.29, 0.717) is 12.3 Å². The summed E-state index contributed by atoms with van der Waals surface area (Å²) < 4.78 is 5.52. The van der Waals surface area contributed by atoms with E-state index in [4.69, 9.17) is 9.72 Å². The van der Waals surface area contributed by atoms with Gasteiger partial charge in [0.1, 0.15) is 0 Å². The van der Waals surface area contributed by atoms with Gasteiger partial charge in [0.25, 0.3) is 0 Å². The van der Waals surface area contributed by atoms with E-state index in [1.54, 1.807) is 0 Å². The number of aryl methyl sites for hydroxylation is 3. The third-order valence-electron chi connectivity index (χ3n) is 4.59. The molecule has 128 valence electrons. The molecule has 1 aliphatic heterocycles. The molecule has 1 fully saturated rings. The average molecular weight is 344 g/mol. The molecule has 4 nitrogen and oxygen atoms in total. The van der Waals surface area contributed by atoms with E-state index in [-0.39, 0.29) is 12.0 Å². The summed E-state index contributed by atoms with van der Waals surface area (Å²) in [5.74, 6) is 0.422. The Labute approximate surface area is 147 Å². The second-order valence-corrected chi connectivity index (χ2v) is 7.40. The minimum Gasteiger partial charge on any atom is -0.376 e. The molecule has 2 aromatic rings. The standard InChI is InChI=1S/C19H24N2O2S/c1-12-6-7-16-13(2)9-18(21-19(16)14(12)3)24-11-17(22)20-10-15-5-4-8-23-15/h6-7,9,15H,4-5,8,10-11H2,1-3H3,(H,20,22). The zero-order chi connectivity index (χ0) is 17.1. The van der Waals surface area contributed by atoms with Crippen LogP contribution in [0, 0.1) is 20.8 Å². The molecule has 1 saturated heterocycles. The maximum atomic E-state index is 12.0. The molecule has 1 aromatic carbocycles. The van der Waals surface area contributed by atoms with Crippen molar-refractivity contribution in [3.8, 4) is 0 Å². The second-order valence-electron chi connectivity index (χ2n) is 6.41. The summed E-state index contributed by atoms with van der Waals surface area (Å²) in [6.45, 7) is 7.73. The largest absolute Gasteiger partial charge is 0.376 e. The predicted molar refractivity (Wildman–Crippen MR) is 98.7 cm³/mol. The van der Waals surface area contributed by atoms with Gasteiger partial charge in [-0.05, 0) is 56.4 Å². The van der Waals surface area contributed by atoms with Gasteiger partial charge in [-0.1, -0.05) is 23.9 Å². The van der Waals surface area contributed by atoms with E-state index in [1.165, 1.54) is 33.8 Å². The number of amides is 1. The van der Waals surface area contributed by atoms with E-state index >= 15 is 0 Å². The first-order valence-electron chi connectivity index (χ1n) is 8.43. The Hall–Kier alpha value is -1.59. The molecule has 3 rings (SSSR count). The highest BCUT2D eigenvalue weighted by Crippen LogP contribution is 2.27. The fourth-order valence-corrected chi connectivity index (χ4v) is 3.76. The van der Waals surface area contributed by atoms with Gasteiger partial charge in [0.05, 0.1) is 22.4 Å². The molecule has 0 bridgehead atoms. The van der Waals surface area contributed by atoms with Gasteiger partial charge in [0, 0.05) is 18.5 Å². The molecule has 1 unspecified atom stereocenters. The maximum Gasteiger partial charge on any atom is 0.230 e. The van der Waals surface area contributed by atoms with E-state index in [9.17, 15) is 4.79 Å². The van der Waals surface area contributed by atoms with Gasteiger partial charge in [0.15, 0.2) is 0 Å². The number of nitrogens with one attached hydrogen (secondary N) is 1. The minimum atomic E-state index is 0.0380. The van der Waals surface area contributed by atoms with Crippen molar-refractivity contribution in [1.82, 2.24) is 10.3 Å². The number of ether oxygens (including phenoxy) is 1. The molecule has 2 heterocycles. The maximum absolute atomic E-state index is 12.0. The first-order chi connectivity index (χ1) is 11.5.